The van der Waals surface area contributed by atoms with Crippen LogP contribution < -0.4 is 5.73 Å². The Morgan fingerprint density at radius 3 is 2.42 bits per heavy atom. The third-order valence-electron chi connectivity index (χ3n) is 8.28. The zero-order valence-corrected chi connectivity index (χ0v) is 23.4. The molecule has 2 aromatic heterocycles. The molecule has 5 aromatic rings. The fraction of sp³-hybridized carbons (Fsp3) is 0.344. The fourth-order valence-corrected chi connectivity index (χ4v) is 6.35. The van der Waals surface area contributed by atoms with Crippen molar-refractivity contribution >= 4 is 27.7 Å². The molecular weight excluding hydrogens is 502 g/mol. The highest BCUT2D eigenvalue weighted by atomic mass is 16.5. The molecule has 1 saturated heterocycles. The molecule has 0 aliphatic carbocycles. The number of aliphatic hydroxyl groups is 1. The summed E-state index contributed by atoms with van der Waals surface area (Å²) < 4.78 is 9.86. The van der Waals surface area contributed by atoms with Gasteiger partial charge in [0.2, 0.25) is 5.91 Å². The number of carbonyl (C=O) groups excluding carboxylic acids is 1. The van der Waals surface area contributed by atoms with Crippen LogP contribution in [0.3, 0.4) is 0 Å². The maximum atomic E-state index is 13.0. The lowest BCUT2D eigenvalue weighted by molar-refractivity contribution is 0.0552. The molecule has 1 aliphatic heterocycles. The van der Waals surface area contributed by atoms with E-state index in [4.69, 9.17) is 10.5 Å². The van der Waals surface area contributed by atoms with Gasteiger partial charge < -0.3 is 20.1 Å². The molecule has 8 nitrogen and oxygen atoms in total. The quantitative estimate of drug-likeness (QED) is 0.308. The van der Waals surface area contributed by atoms with E-state index in [1.54, 1.807) is 18.5 Å². The normalized spacial score (nSPS) is 15.6. The lowest BCUT2D eigenvalue weighted by Crippen LogP contribution is -2.27. The Labute approximate surface area is 233 Å². The molecule has 1 amide bonds. The van der Waals surface area contributed by atoms with Crippen LogP contribution in [0.5, 0.6) is 0 Å². The van der Waals surface area contributed by atoms with E-state index < -0.39 is 11.5 Å². The lowest BCUT2D eigenvalue weighted by atomic mass is 9.86. The molecule has 1 fully saturated rings. The maximum Gasteiger partial charge on any atom is 0.249 e. The van der Waals surface area contributed by atoms with Gasteiger partial charge in [-0.15, -0.1) is 5.10 Å². The van der Waals surface area contributed by atoms with Crippen LogP contribution in [0.4, 0.5) is 0 Å². The summed E-state index contributed by atoms with van der Waals surface area (Å²) in [4.78, 5) is 13.0. The van der Waals surface area contributed by atoms with Crippen LogP contribution in [0, 0.1) is 12.8 Å². The van der Waals surface area contributed by atoms with Crippen molar-refractivity contribution in [2.75, 3.05) is 13.2 Å². The number of amides is 1. The molecule has 3 heterocycles. The second kappa shape index (κ2) is 9.87. The number of fused-ring (bicyclic) bond motifs is 3. The van der Waals surface area contributed by atoms with Gasteiger partial charge in [0.05, 0.1) is 34.1 Å². The molecule has 0 spiro atoms. The van der Waals surface area contributed by atoms with E-state index in [9.17, 15) is 9.90 Å². The second-order valence-corrected chi connectivity index (χ2v) is 11.4. The molecule has 3 N–H and O–H groups in total. The van der Waals surface area contributed by atoms with Gasteiger partial charge in [0, 0.05) is 42.2 Å². The summed E-state index contributed by atoms with van der Waals surface area (Å²) in [7, 11) is 1.85. The molecule has 0 radical (unpaired) electrons. The van der Waals surface area contributed by atoms with Gasteiger partial charge in [-0.05, 0) is 68.9 Å². The van der Waals surface area contributed by atoms with Crippen molar-refractivity contribution in [3.63, 3.8) is 0 Å². The maximum absolute atomic E-state index is 13.0. The van der Waals surface area contributed by atoms with Gasteiger partial charge in [0.1, 0.15) is 0 Å². The van der Waals surface area contributed by atoms with E-state index in [1.807, 2.05) is 38.2 Å². The Morgan fingerprint density at radius 1 is 1.07 bits per heavy atom. The third kappa shape index (κ3) is 4.37. The number of rotatable bonds is 6. The second-order valence-electron chi connectivity index (χ2n) is 11.4. The molecule has 1 atom stereocenters. The van der Waals surface area contributed by atoms with Crippen LogP contribution in [0.25, 0.3) is 33.1 Å². The van der Waals surface area contributed by atoms with Gasteiger partial charge in [-0.2, -0.15) is 0 Å². The van der Waals surface area contributed by atoms with E-state index in [1.165, 1.54) is 5.56 Å². The van der Waals surface area contributed by atoms with Crippen LogP contribution in [0.15, 0.2) is 60.7 Å². The summed E-state index contributed by atoms with van der Waals surface area (Å²) in [5.41, 5.74) is 11.8. The average Bonchev–Trinajstić information content (AvgIpc) is 3.44. The first-order valence-electron chi connectivity index (χ1n) is 13.8. The summed E-state index contributed by atoms with van der Waals surface area (Å²) in [6.45, 7) is 6.91. The van der Waals surface area contributed by atoms with Crippen LogP contribution in [0.1, 0.15) is 59.9 Å². The first-order chi connectivity index (χ1) is 19.1. The van der Waals surface area contributed by atoms with Crippen LogP contribution in [-0.2, 0) is 17.4 Å². The Balaban J connectivity index is 1.77. The number of hydrogen-bond donors (Lipinski definition) is 2. The van der Waals surface area contributed by atoms with Crippen molar-refractivity contribution in [3.8, 4) is 11.3 Å². The lowest BCUT2D eigenvalue weighted by Gasteiger charge is -2.33. The number of hydrogen-bond acceptors (Lipinski definition) is 5. The largest absolute Gasteiger partial charge is 0.386 e. The van der Waals surface area contributed by atoms with E-state index >= 15 is 0 Å². The third-order valence-corrected chi connectivity index (χ3v) is 8.28. The van der Waals surface area contributed by atoms with Gasteiger partial charge in [-0.1, -0.05) is 47.7 Å². The summed E-state index contributed by atoms with van der Waals surface area (Å²) >= 11 is 0. The molecule has 206 valence electrons. The van der Waals surface area contributed by atoms with Crippen molar-refractivity contribution in [3.05, 3.63) is 83.0 Å². The van der Waals surface area contributed by atoms with Crippen LogP contribution in [0.2, 0.25) is 0 Å². The minimum Gasteiger partial charge on any atom is -0.386 e. The van der Waals surface area contributed by atoms with E-state index in [2.05, 4.69) is 51.3 Å². The standard InChI is InChI=1S/C32H35N5O3/c1-19-29(36(4)35-34-19)22-16-25(31(33)38)28-24-11-10-23(32(2,3)39)18-26(24)37(27(28)17-22)30(20-8-6-5-7-9-20)21-12-14-40-15-13-21/h5-11,16-18,21,30,39H,12-15H2,1-4H3,(H2,33,38)/t30-/m0/s1. The highest BCUT2D eigenvalue weighted by Gasteiger charge is 2.32. The van der Waals surface area contributed by atoms with Crippen molar-refractivity contribution in [1.29, 1.82) is 0 Å². The Morgan fingerprint density at radius 2 is 1.80 bits per heavy atom. The molecule has 3 aromatic carbocycles. The fourth-order valence-electron chi connectivity index (χ4n) is 6.35. The summed E-state index contributed by atoms with van der Waals surface area (Å²) in [6.07, 6.45) is 1.83. The molecule has 1 aliphatic rings. The number of benzene rings is 3. The average molecular weight is 538 g/mol. The molecular formula is C32H35N5O3. The molecule has 40 heavy (non-hydrogen) atoms. The topological polar surface area (TPSA) is 108 Å². The number of nitrogens with zero attached hydrogens (tertiary/aromatic N) is 4. The van der Waals surface area contributed by atoms with Gasteiger partial charge in [-0.25, -0.2) is 4.68 Å². The molecule has 6 rings (SSSR count). The predicted octanol–water partition coefficient (Wildman–Crippen LogP) is 5.24. The number of ether oxygens (including phenoxy) is 1. The van der Waals surface area contributed by atoms with Gasteiger partial charge >= 0.3 is 0 Å². The Kier molecular flexibility index (Phi) is 6.47. The number of aryl methyl sites for hydroxylation is 2. The molecule has 8 heteroatoms. The van der Waals surface area contributed by atoms with Crippen molar-refractivity contribution in [1.82, 2.24) is 19.6 Å². The first kappa shape index (κ1) is 26.2. The van der Waals surface area contributed by atoms with Gasteiger partial charge in [-0.3, -0.25) is 4.79 Å². The smallest absolute Gasteiger partial charge is 0.249 e. The first-order valence-corrected chi connectivity index (χ1v) is 13.8. The number of nitrogens with two attached hydrogens (primary N) is 1. The molecule has 0 unspecified atom stereocenters. The van der Waals surface area contributed by atoms with Crippen molar-refractivity contribution in [2.45, 2.75) is 45.3 Å². The Bertz CT molecular complexity index is 1700. The van der Waals surface area contributed by atoms with E-state index in [0.29, 0.717) is 24.7 Å². The van der Waals surface area contributed by atoms with Gasteiger partial charge in [0.15, 0.2) is 0 Å². The molecule has 0 bridgehead atoms. The summed E-state index contributed by atoms with van der Waals surface area (Å²) in [6, 6.07) is 20.5. The zero-order chi connectivity index (χ0) is 28.2. The van der Waals surface area contributed by atoms with E-state index in [0.717, 1.165) is 57.2 Å². The van der Waals surface area contributed by atoms with Gasteiger partial charge in [0.25, 0.3) is 0 Å². The number of aromatic nitrogens is 4. The van der Waals surface area contributed by atoms with E-state index in [-0.39, 0.29) is 6.04 Å². The monoisotopic (exact) mass is 537 g/mol. The van der Waals surface area contributed by atoms with Crippen molar-refractivity contribution in [2.24, 2.45) is 18.7 Å². The SMILES string of the molecule is Cc1nnn(C)c1-c1cc(C(N)=O)c2c3ccc(C(C)(C)O)cc3n([C@@H](c3ccccc3)C3CCOCC3)c2c1. The number of carbonyl (C=O) groups is 1. The van der Waals surface area contributed by atoms with Crippen LogP contribution >= 0.6 is 0 Å². The zero-order valence-electron chi connectivity index (χ0n) is 23.4. The van der Waals surface area contributed by atoms with Crippen molar-refractivity contribution < 1.29 is 14.6 Å². The predicted molar refractivity (Wildman–Crippen MR) is 156 cm³/mol. The molecule has 0 saturated carbocycles. The highest BCUT2D eigenvalue weighted by molar-refractivity contribution is 6.19. The Hall–Kier alpha value is -4.01. The highest BCUT2D eigenvalue weighted by Crippen LogP contribution is 2.44. The number of primary amides is 1. The minimum absolute atomic E-state index is 0.0242. The summed E-state index contributed by atoms with van der Waals surface area (Å²) in [5.74, 6) is -0.186. The van der Waals surface area contributed by atoms with Crippen LogP contribution in [-0.4, -0.2) is 43.8 Å². The summed E-state index contributed by atoms with van der Waals surface area (Å²) in [5, 5.41) is 21.2. The minimum atomic E-state index is -1.04.